The van der Waals surface area contributed by atoms with Crippen molar-refractivity contribution >= 4 is 12.1 Å². The standard InChI is InChI=1S/C12H23NO5/c1-12(2,3)18-10(15)9(7-6-8-14)17-11(16)13(4)5/h9,14H,6-8H2,1-5H3. The summed E-state index contributed by atoms with van der Waals surface area (Å²) in [4.78, 5) is 24.5. The molecule has 0 fully saturated rings. The number of esters is 1. The normalized spacial score (nSPS) is 12.8. The van der Waals surface area contributed by atoms with E-state index in [0.29, 0.717) is 6.42 Å². The molecule has 0 saturated heterocycles. The molecule has 0 aromatic heterocycles. The lowest BCUT2D eigenvalue weighted by molar-refractivity contribution is -0.166. The van der Waals surface area contributed by atoms with Gasteiger partial charge in [0.05, 0.1) is 0 Å². The lowest BCUT2D eigenvalue weighted by Gasteiger charge is -2.24. The van der Waals surface area contributed by atoms with Crippen LogP contribution >= 0.6 is 0 Å². The molecular weight excluding hydrogens is 238 g/mol. The van der Waals surface area contributed by atoms with Crippen molar-refractivity contribution in [3.63, 3.8) is 0 Å². The van der Waals surface area contributed by atoms with Crippen molar-refractivity contribution in [3.05, 3.63) is 0 Å². The SMILES string of the molecule is CN(C)C(=O)OC(CCCO)C(=O)OC(C)(C)C. The van der Waals surface area contributed by atoms with Crippen molar-refractivity contribution in [2.75, 3.05) is 20.7 Å². The Morgan fingerprint density at radius 3 is 2.22 bits per heavy atom. The van der Waals surface area contributed by atoms with E-state index in [1.165, 1.54) is 19.0 Å². The van der Waals surface area contributed by atoms with Crippen LogP contribution in [-0.4, -0.2) is 54.5 Å². The van der Waals surface area contributed by atoms with Gasteiger partial charge >= 0.3 is 12.1 Å². The van der Waals surface area contributed by atoms with Crippen LogP contribution in [0.5, 0.6) is 0 Å². The van der Waals surface area contributed by atoms with Gasteiger partial charge in [-0.3, -0.25) is 0 Å². The average molecular weight is 261 g/mol. The van der Waals surface area contributed by atoms with Crippen LogP contribution in [0.3, 0.4) is 0 Å². The van der Waals surface area contributed by atoms with Crippen molar-refractivity contribution in [1.29, 1.82) is 0 Å². The van der Waals surface area contributed by atoms with E-state index in [0.717, 1.165) is 0 Å². The molecule has 1 amide bonds. The van der Waals surface area contributed by atoms with Gasteiger partial charge in [-0.25, -0.2) is 9.59 Å². The van der Waals surface area contributed by atoms with Gasteiger partial charge in [0.1, 0.15) is 5.60 Å². The Hall–Kier alpha value is -1.30. The minimum atomic E-state index is -0.980. The van der Waals surface area contributed by atoms with E-state index in [1.54, 1.807) is 20.8 Å². The average Bonchev–Trinajstić information content (AvgIpc) is 2.20. The Kier molecular flexibility index (Phi) is 6.68. The molecule has 0 spiro atoms. The summed E-state index contributed by atoms with van der Waals surface area (Å²) in [5.74, 6) is -0.592. The van der Waals surface area contributed by atoms with E-state index in [9.17, 15) is 9.59 Å². The molecule has 0 aliphatic rings. The highest BCUT2D eigenvalue weighted by Crippen LogP contribution is 2.13. The van der Waals surface area contributed by atoms with Gasteiger partial charge in [0.25, 0.3) is 0 Å². The highest BCUT2D eigenvalue weighted by atomic mass is 16.6. The molecule has 0 heterocycles. The Morgan fingerprint density at radius 1 is 1.28 bits per heavy atom. The van der Waals surface area contributed by atoms with Gasteiger partial charge in [0.2, 0.25) is 6.10 Å². The lowest BCUT2D eigenvalue weighted by atomic mass is 10.1. The number of hydrogen-bond donors (Lipinski definition) is 1. The molecule has 0 bridgehead atoms. The van der Waals surface area contributed by atoms with Crippen LogP contribution in [-0.2, 0) is 14.3 Å². The second-order valence-electron chi connectivity index (χ2n) is 5.17. The van der Waals surface area contributed by atoms with Crippen molar-refractivity contribution in [3.8, 4) is 0 Å². The minimum absolute atomic E-state index is 0.0706. The van der Waals surface area contributed by atoms with Crippen LogP contribution in [0.15, 0.2) is 0 Å². The van der Waals surface area contributed by atoms with E-state index in [1.807, 2.05) is 0 Å². The molecule has 0 radical (unpaired) electrons. The molecule has 1 N–H and O–H groups in total. The molecule has 0 saturated carbocycles. The number of carbonyl (C=O) groups excluding carboxylic acids is 2. The number of rotatable bonds is 5. The predicted molar refractivity (Wildman–Crippen MR) is 66.1 cm³/mol. The Balaban J connectivity index is 4.56. The fraction of sp³-hybridized carbons (Fsp3) is 0.833. The number of aliphatic hydroxyl groups excluding tert-OH is 1. The van der Waals surface area contributed by atoms with Gasteiger partial charge in [0, 0.05) is 20.7 Å². The van der Waals surface area contributed by atoms with Crippen LogP contribution in [0.4, 0.5) is 4.79 Å². The highest BCUT2D eigenvalue weighted by molar-refractivity contribution is 5.79. The number of nitrogens with zero attached hydrogens (tertiary/aromatic N) is 1. The summed E-state index contributed by atoms with van der Waals surface area (Å²) in [5, 5.41) is 8.77. The number of aliphatic hydroxyl groups is 1. The van der Waals surface area contributed by atoms with Gasteiger partial charge in [-0.05, 0) is 33.6 Å². The molecular formula is C12H23NO5. The van der Waals surface area contributed by atoms with Crippen molar-refractivity contribution in [2.45, 2.75) is 45.3 Å². The van der Waals surface area contributed by atoms with Crippen LogP contribution in [0.1, 0.15) is 33.6 Å². The van der Waals surface area contributed by atoms with Crippen LogP contribution in [0.25, 0.3) is 0 Å². The first-order valence-electron chi connectivity index (χ1n) is 5.89. The second-order valence-corrected chi connectivity index (χ2v) is 5.17. The molecule has 0 aliphatic heterocycles. The number of hydrogen-bond acceptors (Lipinski definition) is 5. The molecule has 18 heavy (non-hydrogen) atoms. The molecule has 0 aromatic rings. The fourth-order valence-corrected chi connectivity index (χ4v) is 1.10. The maximum atomic E-state index is 11.8. The maximum Gasteiger partial charge on any atom is 0.410 e. The van der Waals surface area contributed by atoms with Crippen LogP contribution in [0.2, 0.25) is 0 Å². The molecule has 6 nitrogen and oxygen atoms in total. The summed E-state index contributed by atoms with van der Waals surface area (Å²) in [6.45, 7) is 5.14. The highest BCUT2D eigenvalue weighted by Gasteiger charge is 2.28. The molecule has 1 unspecified atom stereocenters. The van der Waals surface area contributed by atoms with E-state index < -0.39 is 23.8 Å². The van der Waals surface area contributed by atoms with E-state index >= 15 is 0 Å². The maximum absolute atomic E-state index is 11.8. The topological polar surface area (TPSA) is 76.1 Å². The van der Waals surface area contributed by atoms with Gasteiger partial charge in [-0.2, -0.15) is 0 Å². The molecule has 0 rings (SSSR count). The smallest absolute Gasteiger partial charge is 0.410 e. The first-order valence-corrected chi connectivity index (χ1v) is 5.89. The minimum Gasteiger partial charge on any atom is -0.457 e. The lowest BCUT2D eigenvalue weighted by Crippen LogP contribution is -2.37. The zero-order valence-electron chi connectivity index (χ0n) is 11.7. The van der Waals surface area contributed by atoms with Crippen molar-refractivity contribution in [1.82, 2.24) is 4.90 Å². The summed E-state index contributed by atoms with van der Waals surface area (Å²) >= 11 is 0. The number of carbonyl (C=O) groups is 2. The third-order valence-electron chi connectivity index (χ3n) is 1.90. The first kappa shape index (κ1) is 16.7. The summed E-state index contributed by atoms with van der Waals surface area (Å²) in [6.07, 6.45) is -0.981. The third-order valence-corrected chi connectivity index (χ3v) is 1.90. The van der Waals surface area contributed by atoms with Gasteiger partial charge in [-0.1, -0.05) is 0 Å². The third kappa shape index (κ3) is 7.11. The van der Waals surface area contributed by atoms with Crippen molar-refractivity contribution < 1.29 is 24.2 Å². The first-order chi connectivity index (χ1) is 8.17. The zero-order valence-corrected chi connectivity index (χ0v) is 11.7. The van der Waals surface area contributed by atoms with Gasteiger partial charge in [0.15, 0.2) is 0 Å². The Morgan fingerprint density at radius 2 is 1.83 bits per heavy atom. The van der Waals surface area contributed by atoms with Crippen LogP contribution < -0.4 is 0 Å². The Bertz CT molecular complexity index is 283. The summed E-state index contributed by atoms with van der Waals surface area (Å²) in [5.41, 5.74) is -0.640. The predicted octanol–water partition coefficient (Wildman–Crippen LogP) is 1.17. The molecule has 0 aliphatic carbocycles. The summed E-state index contributed by atoms with van der Waals surface area (Å²) < 4.78 is 10.2. The van der Waals surface area contributed by atoms with E-state index in [2.05, 4.69) is 0 Å². The van der Waals surface area contributed by atoms with Gasteiger partial charge < -0.3 is 19.5 Å². The van der Waals surface area contributed by atoms with Gasteiger partial charge in [-0.15, -0.1) is 0 Å². The largest absolute Gasteiger partial charge is 0.457 e. The fourth-order valence-electron chi connectivity index (χ4n) is 1.10. The second kappa shape index (κ2) is 7.20. The molecule has 0 aromatic carbocycles. The molecule has 106 valence electrons. The van der Waals surface area contributed by atoms with E-state index in [-0.39, 0.29) is 13.0 Å². The Labute approximate surface area is 108 Å². The number of ether oxygens (including phenoxy) is 2. The van der Waals surface area contributed by atoms with Crippen LogP contribution in [0, 0.1) is 0 Å². The number of amides is 1. The summed E-state index contributed by atoms with van der Waals surface area (Å²) in [7, 11) is 3.06. The quantitative estimate of drug-likeness (QED) is 0.752. The van der Waals surface area contributed by atoms with E-state index in [4.69, 9.17) is 14.6 Å². The molecule has 6 heteroatoms. The monoisotopic (exact) mass is 261 g/mol. The van der Waals surface area contributed by atoms with Crippen molar-refractivity contribution in [2.24, 2.45) is 0 Å². The summed E-state index contributed by atoms with van der Waals surface area (Å²) in [6, 6.07) is 0. The zero-order chi connectivity index (χ0) is 14.3. The molecule has 1 atom stereocenters.